The van der Waals surface area contributed by atoms with E-state index in [0.717, 1.165) is 39.3 Å². The van der Waals surface area contributed by atoms with E-state index in [2.05, 4.69) is 25.9 Å². The molecule has 3 aromatic rings. The van der Waals surface area contributed by atoms with Gasteiger partial charge in [0.2, 0.25) is 0 Å². The molecule has 1 aliphatic rings. The van der Waals surface area contributed by atoms with Crippen LogP contribution in [0.25, 0.3) is 21.9 Å². The van der Waals surface area contributed by atoms with Crippen LogP contribution in [0, 0.1) is 0 Å². The number of aliphatic hydroxyl groups excluding tert-OH is 1. The largest absolute Gasteiger partial charge is 0.393 e. The molecule has 0 unspecified atom stereocenters. The minimum atomic E-state index is -0.313. The van der Waals surface area contributed by atoms with Crippen LogP contribution in [-0.4, -0.2) is 25.7 Å². The molecule has 5 nitrogen and oxygen atoms in total. The number of halogens is 1. The predicted molar refractivity (Wildman–Crippen MR) is 84.5 cm³/mol. The summed E-state index contributed by atoms with van der Waals surface area (Å²) < 4.78 is 2.75. The maximum absolute atomic E-state index is 12.3. The first-order valence-corrected chi connectivity index (χ1v) is 7.79. The van der Waals surface area contributed by atoms with Crippen molar-refractivity contribution in [2.75, 3.05) is 0 Å². The van der Waals surface area contributed by atoms with Gasteiger partial charge >= 0.3 is 5.69 Å². The van der Waals surface area contributed by atoms with Crippen molar-refractivity contribution in [1.82, 2.24) is 14.5 Å². The van der Waals surface area contributed by atoms with Crippen LogP contribution >= 0.6 is 15.9 Å². The Hall–Kier alpha value is -1.66. The Balaban J connectivity index is 2.07. The van der Waals surface area contributed by atoms with Crippen LogP contribution in [0.1, 0.15) is 25.3 Å². The molecule has 0 spiro atoms. The fourth-order valence-corrected chi connectivity index (χ4v) is 3.66. The fourth-order valence-electron chi connectivity index (χ4n) is 3.30. The van der Waals surface area contributed by atoms with Crippen LogP contribution < -0.4 is 5.69 Å². The predicted octanol–water partition coefficient (Wildman–Crippen LogP) is 2.73. The molecule has 1 aromatic carbocycles. The minimum absolute atomic E-state index is 0.0471. The number of nitrogens with zero attached hydrogens (tertiary/aromatic N) is 2. The summed E-state index contributed by atoms with van der Waals surface area (Å²) in [6.45, 7) is 0. The highest BCUT2D eigenvalue weighted by Gasteiger charge is 2.27. The number of aromatic amines is 1. The molecular weight excluding hydrogens is 334 g/mol. The van der Waals surface area contributed by atoms with Crippen LogP contribution in [0.5, 0.6) is 0 Å². The lowest BCUT2D eigenvalue weighted by molar-refractivity contribution is 0.178. The highest BCUT2D eigenvalue weighted by molar-refractivity contribution is 9.10. The summed E-state index contributed by atoms with van der Waals surface area (Å²) in [7, 11) is 0. The smallest absolute Gasteiger partial charge is 0.326 e. The van der Waals surface area contributed by atoms with Gasteiger partial charge in [0.1, 0.15) is 0 Å². The van der Waals surface area contributed by atoms with Crippen LogP contribution in [0.4, 0.5) is 0 Å². The molecule has 1 fully saturated rings. The van der Waals surface area contributed by atoms with Gasteiger partial charge in [-0.1, -0.05) is 15.9 Å². The van der Waals surface area contributed by atoms with Gasteiger partial charge in [-0.05, 0) is 37.5 Å². The van der Waals surface area contributed by atoms with Crippen LogP contribution in [-0.2, 0) is 0 Å². The number of hydrogen-bond acceptors (Lipinski definition) is 3. The molecule has 0 amide bonds. The molecule has 21 heavy (non-hydrogen) atoms. The van der Waals surface area contributed by atoms with Crippen molar-refractivity contribution in [3.8, 4) is 0 Å². The lowest BCUT2D eigenvalue weighted by Gasteiger charge is -2.13. The normalized spacial score (nSPS) is 22.4. The molecule has 108 valence electrons. The van der Waals surface area contributed by atoms with Crippen molar-refractivity contribution in [3.63, 3.8) is 0 Å². The maximum Gasteiger partial charge on any atom is 0.326 e. The number of fused-ring (bicyclic) bond motifs is 3. The van der Waals surface area contributed by atoms with E-state index in [0.29, 0.717) is 6.42 Å². The molecule has 6 heteroatoms. The Morgan fingerprint density at radius 1 is 1.38 bits per heavy atom. The van der Waals surface area contributed by atoms with Crippen molar-refractivity contribution >= 4 is 37.9 Å². The zero-order valence-electron chi connectivity index (χ0n) is 11.2. The van der Waals surface area contributed by atoms with Gasteiger partial charge in [0.15, 0.2) is 0 Å². The molecule has 2 aromatic heterocycles. The molecule has 2 atom stereocenters. The van der Waals surface area contributed by atoms with Gasteiger partial charge in [-0.25, -0.2) is 4.79 Å². The number of nitrogens with one attached hydrogen (secondary N) is 1. The number of pyridine rings is 1. The summed E-state index contributed by atoms with van der Waals surface area (Å²) in [4.78, 5) is 19.6. The molecule has 0 aliphatic heterocycles. The average Bonchev–Trinajstić information content (AvgIpc) is 3.01. The molecule has 1 aliphatic carbocycles. The van der Waals surface area contributed by atoms with Gasteiger partial charge in [-0.2, -0.15) is 0 Å². The summed E-state index contributed by atoms with van der Waals surface area (Å²) in [5.41, 5.74) is 2.35. The van der Waals surface area contributed by atoms with E-state index in [1.807, 2.05) is 18.2 Å². The monoisotopic (exact) mass is 347 g/mol. The van der Waals surface area contributed by atoms with Gasteiger partial charge in [0.05, 0.1) is 28.9 Å². The highest BCUT2D eigenvalue weighted by Crippen LogP contribution is 2.33. The van der Waals surface area contributed by atoms with Crippen molar-refractivity contribution in [2.45, 2.75) is 31.4 Å². The van der Waals surface area contributed by atoms with Crippen LogP contribution in [0.3, 0.4) is 0 Å². The summed E-state index contributed by atoms with van der Waals surface area (Å²) >= 11 is 3.48. The minimum Gasteiger partial charge on any atom is -0.393 e. The maximum atomic E-state index is 12.3. The topological polar surface area (TPSA) is 70.9 Å². The molecule has 1 saturated carbocycles. The third-order valence-electron chi connectivity index (χ3n) is 4.25. The van der Waals surface area contributed by atoms with E-state index in [1.165, 1.54) is 0 Å². The van der Waals surface area contributed by atoms with E-state index in [-0.39, 0.29) is 17.8 Å². The van der Waals surface area contributed by atoms with Crippen molar-refractivity contribution in [2.24, 2.45) is 0 Å². The number of H-pyrrole nitrogens is 1. The number of hydrogen-bond donors (Lipinski definition) is 2. The van der Waals surface area contributed by atoms with Crippen LogP contribution in [0.15, 0.2) is 33.7 Å². The van der Waals surface area contributed by atoms with E-state index in [1.54, 1.807) is 10.8 Å². The number of rotatable bonds is 1. The summed E-state index contributed by atoms with van der Waals surface area (Å²) in [6, 6.07) is 5.91. The van der Waals surface area contributed by atoms with E-state index < -0.39 is 0 Å². The summed E-state index contributed by atoms with van der Waals surface area (Å²) in [5, 5.41) is 10.7. The lowest BCUT2D eigenvalue weighted by atomic mass is 10.1. The SMILES string of the molecule is O=c1[nH]c2cnc3ccc(Br)cc3c2n1[C@H]1CC[C@@H](O)C1. The fraction of sp³-hybridized carbons (Fsp3) is 0.333. The van der Waals surface area contributed by atoms with Crippen LogP contribution in [0.2, 0.25) is 0 Å². The Morgan fingerprint density at radius 3 is 3.00 bits per heavy atom. The highest BCUT2D eigenvalue weighted by atomic mass is 79.9. The molecule has 2 heterocycles. The second-order valence-electron chi connectivity index (χ2n) is 5.60. The molecular formula is C15H14BrN3O2. The van der Waals surface area contributed by atoms with Gasteiger partial charge < -0.3 is 10.1 Å². The zero-order chi connectivity index (χ0) is 14.6. The third-order valence-corrected chi connectivity index (χ3v) is 4.74. The van der Waals surface area contributed by atoms with E-state index >= 15 is 0 Å². The Kier molecular flexibility index (Phi) is 2.90. The average molecular weight is 348 g/mol. The summed E-state index contributed by atoms with van der Waals surface area (Å²) in [5.74, 6) is 0. The Morgan fingerprint density at radius 2 is 2.24 bits per heavy atom. The molecule has 4 rings (SSSR count). The van der Waals surface area contributed by atoms with Crippen molar-refractivity contribution in [1.29, 1.82) is 0 Å². The van der Waals surface area contributed by atoms with E-state index in [9.17, 15) is 9.90 Å². The first-order chi connectivity index (χ1) is 10.1. The summed E-state index contributed by atoms with van der Waals surface area (Å²) in [6.07, 6.45) is 3.59. The second kappa shape index (κ2) is 4.68. The number of aromatic nitrogens is 3. The first-order valence-electron chi connectivity index (χ1n) is 7.00. The molecule has 0 radical (unpaired) electrons. The first kappa shape index (κ1) is 13.0. The van der Waals surface area contributed by atoms with Gasteiger partial charge in [0.25, 0.3) is 0 Å². The van der Waals surface area contributed by atoms with E-state index in [4.69, 9.17) is 0 Å². The van der Waals surface area contributed by atoms with Crippen molar-refractivity contribution < 1.29 is 5.11 Å². The Labute approximate surface area is 128 Å². The number of benzene rings is 1. The molecule has 0 saturated heterocycles. The van der Waals surface area contributed by atoms with Gasteiger partial charge in [-0.15, -0.1) is 0 Å². The van der Waals surface area contributed by atoms with Crippen molar-refractivity contribution in [3.05, 3.63) is 39.4 Å². The molecule has 2 N–H and O–H groups in total. The van der Waals surface area contributed by atoms with Gasteiger partial charge in [-0.3, -0.25) is 9.55 Å². The third kappa shape index (κ3) is 2.01. The van der Waals surface area contributed by atoms with Gasteiger partial charge in [0, 0.05) is 15.9 Å². The quantitative estimate of drug-likeness (QED) is 0.710. The zero-order valence-corrected chi connectivity index (χ0v) is 12.8. The number of imidazole rings is 1. The standard InChI is InChI=1S/C15H14BrN3O2/c16-8-1-4-12-11(5-8)14-13(7-17-12)18-15(21)19(14)9-2-3-10(20)6-9/h1,4-5,7,9-10,20H,2-3,6H2,(H,18,21)/t9-,10+/m0/s1. The Bertz CT molecular complexity index is 899. The lowest BCUT2D eigenvalue weighted by Crippen LogP contribution is -2.21. The number of aliphatic hydroxyl groups is 1. The second-order valence-corrected chi connectivity index (χ2v) is 6.52. The molecule has 0 bridgehead atoms.